The van der Waals surface area contributed by atoms with Crippen LogP contribution >= 0.6 is 27.7 Å². The van der Waals surface area contributed by atoms with Crippen LogP contribution in [0.25, 0.3) is 11.4 Å². The van der Waals surface area contributed by atoms with Crippen molar-refractivity contribution in [3.63, 3.8) is 0 Å². The smallest absolute Gasteiger partial charge is 0.223 e. The number of carbonyl (C=O) groups is 1. The van der Waals surface area contributed by atoms with E-state index >= 15 is 0 Å². The molecule has 0 N–H and O–H groups in total. The summed E-state index contributed by atoms with van der Waals surface area (Å²) >= 11 is 5.07. The maximum absolute atomic E-state index is 13.4. The highest BCUT2D eigenvalue weighted by Gasteiger charge is 2.32. The van der Waals surface area contributed by atoms with Gasteiger partial charge < -0.3 is 4.90 Å². The van der Waals surface area contributed by atoms with Crippen LogP contribution in [0, 0.1) is 0 Å². The molecule has 0 aliphatic heterocycles. The summed E-state index contributed by atoms with van der Waals surface area (Å²) in [7, 11) is 0. The van der Waals surface area contributed by atoms with Gasteiger partial charge >= 0.3 is 0 Å². The van der Waals surface area contributed by atoms with E-state index in [1.54, 1.807) is 11.8 Å². The molecule has 0 unspecified atom stereocenters. The second-order valence-corrected chi connectivity index (χ2v) is 11.2. The first-order chi connectivity index (χ1) is 16.2. The Morgan fingerprint density at radius 2 is 1.67 bits per heavy atom. The molecule has 2 fully saturated rings. The number of thioether (sulfide) groups is 1. The van der Waals surface area contributed by atoms with Crippen molar-refractivity contribution in [3.8, 4) is 11.4 Å². The van der Waals surface area contributed by atoms with Gasteiger partial charge in [0.05, 0.1) is 6.54 Å². The second-order valence-electron chi connectivity index (χ2n) is 9.18. The number of aromatic nitrogens is 3. The van der Waals surface area contributed by atoms with Crippen LogP contribution in [0.15, 0.2) is 46.5 Å². The fraction of sp³-hybridized carbons (Fsp3) is 0.577. The highest BCUT2D eigenvalue weighted by molar-refractivity contribution is 9.10. The quantitative estimate of drug-likeness (QED) is 0.262. The minimum atomic E-state index is 0.333. The number of allylic oxidation sites excluding steroid dienone is 1. The number of halogens is 1. The number of nitrogens with zero attached hydrogens (tertiary/aromatic N) is 4. The van der Waals surface area contributed by atoms with Crippen LogP contribution in [-0.4, -0.2) is 43.4 Å². The van der Waals surface area contributed by atoms with Gasteiger partial charge in [-0.1, -0.05) is 84.4 Å². The summed E-state index contributed by atoms with van der Waals surface area (Å²) in [6.07, 6.45) is 14.8. The van der Waals surface area contributed by atoms with Gasteiger partial charge in [0.25, 0.3) is 0 Å². The van der Waals surface area contributed by atoms with Gasteiger partial charge in [-0.25, -0.2) is 9.67 Å². The summed E-state index contributed by atoms with van der Waals surface area (Å²) in [4.78, 5) is 20.5. The lowest BCUT2D eigenvalue weighted by Crippen LogP contribution is -2.48. The predicted octanol–water partition coefficient (Wildman–Crippen LogP) is 6.87. The maximum atomic E-state index is 13.4. The minimum absolute atomic E-state index is 0.333. The number of amides is 1. The van der Waals surface area contributed by atoms with E-state index in [4.69, 9.17) is 4.98 Å². The van der Waals surface area contributed by atoms with E-state index in [1.807, 2.05) is 35.0 Å². The fourth-order valence-corrected chi connectivity index (χ4v) is 6.26. The highest BCUT2D eigenvalue weighted by Crippen LogP contribution is 2.31. The Balaban J connectivity index is 1.40. The number of benzene rings is 1. The second kappa shape index (κ2) is 12.2. The lowest BCUT2D eigenvalue weighted by molar-refractivity contribution is -0.137. The molecule has 0 bridgehead atoms. The molecule has 178 valence electrons. The molecule has 4 rings (SSSR count). The first kappa shape index (κ1) is 24.5. The molecular formula is C26H35BrN4OS. The van der Waals surface area contributed by atoms with Crippen LogP contribution in [0.2, 0.25) is 0 Å². The van der Waals surface area contributed by atoms with Crippen molar-refractivity contribution in [3.05, 3.63) is 41.4 Å². The summed E-state index contributed by atoms with van der Waals surface area (Å²) < 4.78 is 2.92. The Kier molecular flexibility index (Phi) is 9.07. The molecule has 1 aromatic heterocycles. The van der Waals surface area contributed by atoms with Crippen molar-refractivity contribution in [2.45, 2.75) is 94.4 Å². The zero-order valence-corrected chi connectivity index (χ0v) is 21.8. The zero-order chi connectivity index (χ0) is 23.0. The molecule has 2 aromatic rings. The number of hydrogen-bond acceptors (Lipinski definition) is 4. The van der Waals surface area contributed by atoms with Crippen molar-refractivity contribution < 1.29 is 4.79 Å². The van der Waals surface area contributed by atoms with Gasteiger partial charge in [-0.05, 0) is 37.8 Å². The molecule has 1 heterocycles. The van der Waals surface area contributed by atoms with Gasteiger partial charge in [0.1, 0.15) is 0 Å². The molecule has 2 aliphatic carbocycles. The molecule has 0 radical (unpaired) electrons. The largest absolute Gasteiger partial charge is 0.337 e. The van der Waals surface area contributed by atoms with E-state index in [0.29, 0.717) is 36.7 Å². The average molecular weight is 532 g/mol. The molecule has 7 heteroatoms. The average Bonchev–Trinajstić information content (AvgIpc) is 3.24. The Bertz CT molecular complexity index is 899. The number of carbonyl (C=O) groups excluding carboxylic acids is 1. The van der Waals surface area contributed by atoms with Crippen LogP contribution in [0.1, 0.15) is 70.6 Å². The summed E-state index contributed by atoms with van der Waals surface area (Å²) in [5.74, 6) is 1.88. The fourth-order valence-electron chi connectivity index (χ4n) is 5.23. The summed E-state index contributed by atoms with van der Waals surface area (Å²) in [5, 5.41) is 5.41. The normalized spacial score (nSPS) is 17.7. The van der Waals surface area contributed by atoms with E-state index in [1.165, 1.54) is 64.2 Å². The predicted molar refractivity (Wildman–Crippen MR) is 139 cm³/mol. The SMILES string of the molecule is C=CCn1nc(SCCC(=O)N(C2CCCCC2)C2CCCCC2)nc1-c1ccc(Br)cc1. The van der Waals surface area contributed by atoms with Gasteiger partial charge in [-0.3, -0.25) is 4.79 Å². The molecular weight excluding hydrogens is 496 g/mol. The molecule has 0 spiro atoms. The molecule has 1 amide bonds. The van der Waals surface area contributed by atoms with Crippen LogP contribution in [0.3, 0.4) is 0 Å². The molecule has 1 aromatic carbocycles. The molecule has 0 saturated heterocycles. The first-order valence-electron chi connectivity index (χ1n) is 12.4. The van der Waals surface area contributed by atoms with E-state index < -0.39 is 0 Å². The highest BCUT2D eigenvalue weighted by atomic mass is 79.9. The van der Waals surface area contributed by atoms with Crippen LogP contribution in [0.5, 0.6) is 0 Å². The summed E-state index contributed by atoms with van der Waals surface area (Å²) in [6, 6.07) is 9.01. The maximum Gasteiger partial charge on any atom is 0.223 e. The Labute approximate surface area is 210 Å². The molecule has 0 atom stereocenters. The lowest BCUT2D eigenvalue weighted by atomic mass is 9.88. The first-order valence-corrected chi connectivity index (χ1v) is 14.2. The summed E-state index contributed by atoms with van der Waals surface area (Å²) in [5.41, 5.74) is 1.02. The van der Waals surface area contributed by atoms with Crippen molar-refractivity contribution in [1.82, 2.24) is 19.7 Å². The van der Waals surface area contributed by atoms with E-state index in [2.05, 4.69) is 32.5 Å². The zero-order valence-electron chi connectivity index (χ0n) is 19.4. The third kappa shape index (κ3) is 6.50. The lowest BCUT2D eigenvalue weighted by Gasteiger charge is -2.42. The molecule has 2 aliphatic rings. The summed E-state index contributed by atoms with van der Waals surface area (Å²) in [6.45, 7) is 4.46. The van der Waals surface area contributed by atoms with Crippen LogP contribution in [-0.2, 0) is 11.3 Å². The van der Waals surface area contributed by atoms with Crippen LogP contribution in [0.4, 0.5) is 0 Å². The minimum Gasteiger partial charge on any atom is -0.337 e. The van der Waals surface area contributed by atoms with Gasteiger partial charge in [0, 0.05) is 34.3 Å². The van der Waals surface area contributed by atoms with Gasteiger partial charge in [-0.15, -0.1) is 11.7 Å². The Morgan fingerprint density at radius 3 is 2.24 bits per heavy atom. The van der Waals surface area contributed by atoms with Crippen LogP contribution < -0.4 is 0 Å². The van der Waals surface area contributed by atoms with E-state index in [9.17, 15) is 4.79 Å². The number of hydrogen-bond donors (Lipinski definition) is 0. The monoisotopic (exact) mass is 530 g/mol. The Hall–Kier alpha value is -1.60. The van der Waals surface area contributed by atoms with Gasteiger partial charge in [0.15, 0.2) is 5.82 Å². The van der Waals surface area contributed by atoms with E-state index in [-0.39, 0.29) is 0 Å². The van der Waals surface area contributed by atoms with Gasteiger partial charge in [0.2, 0.25) is 11.1 Å². The van der Waals surface area contributed by atoms with Crippen molar-refractivity contribution >= 4 is 33.6 Å². The molecule has 2 saturated carbocycles. The third-order valence-corrected chi connectivity index (χ3v) is 8.20. The van der Waals surface area contributed by atoms with Crippen molar-refractivity contribution in [1.29, 1.82) is 0 Å². The topological polar surface area (TPSA) is 51.0 Å². The Morgan fingerprint density at radius 1 is 1.06 bits per heavy atom. The van der Waals surface area contributed by atoms with E-state index in [0.717, 1.165) is 21.0 Å². The number of rotatable bonds is 9. The van der Waals surface area contributed by atoms with Gasteiger partial charge in [-0.2, -0.15) is 0 Å². The molecule has 5 nitrogen and oxygen atoms in total. The van der Waals surface area contributed by atoms with Crippen molar-refractivity contribution in [2.24, 2.45) is 0 Å². The van der Waals surface area contributed by atoms with Crippen molar-refractivity contribution in [2.75, 3.05) is 5.75 Å². The molecule has 33 heavy (non-hydrogen) atoms. The standard InChI is InChI=1S/C26H35BrN4OS/c1-2-18-30-25(20-13-15-21(27)16-14-20)28-26(29-30)33-19-17-24(32)31(22-9-5-3-6-10-22)23-11-7-4-8-12-23/h2,13-16,22-23H,1,3-12,17-19H2. The third-order valence-electron chi connectivity index (χ3n) is 6.83.